The molecule has 1 N–H and O–H groups in total. The van der Waals surface area contributed by atoms with Crippen molar-refractivity contribution in [2.24, 2.45) is 0 Å². The van der Waals surface area contributed by atoms with Gasteiger partial charge in [-0.1, -0.05) is 41.1 Å². The second-order valence-electron chi connectivity index (χ2n) is 3.96. The van der Waals surface area contributed by atoms with Crippen LogP contribution in [0.15, 0.2) is 40.2 Å². The van der Waals surface area contributed by atoms with Crippen LogP contribution in [0.3, 0.4) is 0 Å². The molecule has 0 bridgehead atoms. The van der Waals surface area contributed by atoms with Crippen molar-refractivity contribution < 1.29 is 0 Å². The molecular weight excluding hydrogens is 294 g/mol. The Morgan fingerprint density at radius 1 is 1.29 bits per heavy atom. The summed E-state index contributed by atoms with van der Waals surface area (Å²) < 4.78 is 1.18. The SMILES string of the molecule is CCNC(c1cccs1)c1cccc(Br)c1C. The van der Waals surface area contributed by atoms with E-state index in [1.807, 2.05) is 0 Å². The highest BCUT2D eigenvalue weighted by molar-refractivity contribution is 9.10. The minimum absolute atomic E-state index is 0.303. The molecule has 17 heavy (non-hydrogen) atoms. The molecule has 1 atom stereocenters. The Kier molecular flexibility index (Phi) is 4.37. The van der Waals surface area contributed by atoms with Crippen LogP contribution in [0.5, 0.6) is 0 Å². The van der Waals surface area contributed by atoms with Crippen LogP contribution in [0.1, 0.15) is 29.0 Å². The molecule has 0 aliphatic rings. The van der Waals surface area contributed by atoms with E-state index in [2.05, 4.69) is 70.8 Å². The molecule has 3 heteroatoms. The molecule has 2 rings (SSSR count). The fraction of sp³-hybridized carbons (Fsp3) is 0.286. The van der Waals surface area contributed by atoms with Gasteiger partial charge < -0.3 is 5.32 Å². The van der Waals surface area contributed by atoms with E-state index in [-0.39, 0.29) is 0 Å². The van der Waals surface area contributed by atoms with Gasteiger partial charge in [-0.3, -0.25) is 0 Å². The van der Waals surface area contributed by atoms with E-state index in [1.165, 1.54) is 20.5 Å². The molecule has 1 nitrogen and oxygen atoms in total. The molecule has 0 spiro atoms. The van der Waals surface area contributed by atoms with Crippen LogP contribution >= 0.6 is 27.3 Å². The van der Waals surface area contributed by atoms with E-state index in [9.17, 15) is 0 Å². The van der Waals surface area contributed by atoms with Crippen LogP contribution in [0.2, 0.25) is 0 Å². The Bertz CT molecular complexity index is 479. The lowest BCUT2D eigenvalue weighted by molar-refractivity contribution is 0.636. The largest absolute Gasteiger partial charge is 0.306 e. The fourth-order valence-corrected chi connectivity index (χ4v) is 3.16. The minimum atomic E-state index is 0.303. The van der Waals surface area contributed by atoms with Crippen molar-refractivity contribution in [3.05, 3.63) is 56.2 Å². The fourth-order valence-electron chi connectivity index (χ4n) is 1.96. The van der Waals surface area contributed by atoms with Crippen LogP contribution in [0, 0.1) is 6.92 Å². The van der Waals surface area contributed by atoms with Gasteiger partial charge in [-0.05, 0) is 42.1 Å². The van der Waals surface area contributed by atoms with Crippen molar-refractivity contribution in [2.75, 3.05) is 6.54 Å². The van der Waals surface area contributed by atoms with Crippen molar-refractivity contribution in [3.8, 4) is 0 Å². The molecule has 0 radical (unpaired) electrons. The highest BCUT2D eigenvalue weighted by Gasteiger charge is 2.16. The lowest BCUT2D eigenvalue weighted by atomic mass is 10.00. The van der Waals surface area contributed by atoms with Gasteiger partial charge in [0.25, 0.3) is 0 Å². The molecule has 0 aliphatic heterocycles. The first-order chi connectivity index (χ1) is 8.24. The van der Waals surface area contributed by atoms with E-state index in [1.54, 1.807) is 11.3 Å². The van der Waals surface area contributed by atoms with Gasteiger partial charge in [-0.15, -0.1) is 11.3 Å². The monoisotopic (exact) mass is 309 g/mol. The van der Waals surface area contributed by atoms with E-state index >= 15 is 0 Å². The van der Waals surface area contributed by atoms with E-state index in [0.717, 1.165) is 6.54 Å². The summed E-state index contributed by atoms with van der Waals surface area (Å²) in [6, 6.07) is 11.0. The zero-order valence-electron chi connectivity index (χ0n) is 10.0. The first-order valence-corrected chi connectivity index (χ1v) is 7.43. The first-order valence-electron chi connectivity index (χ1n) is 5.75. The van der Waals surface area contributed by atoms with Crippen molar-refractivity contribution in [3.63, 3.8) is 0 Å². The summed E-state index contributed by atoms with van der Waals surface area (Å²) in [5, 5.41) is 5.69. The van der Waals surface area contributed by atoms with E-state index in [0.29, 0.717) is 6.04 Å². The average Bonchev–Trinajstić information content (AvgIpc) is 2.84. The topological polar surface area (TPSA) is 12.0 Å². The van der Waals surface area contributed by atoms with Crippen molar-refractivity contribution in [2.45, 2.75) is 19.9 Å². The zero-order chi connectivity index (χ0) is 12.3. The van der Waals surface area contributed by atoms with Gasteiger partial charge in [-0.2, -0.15) is 0 Å². The highest BCUT2D eigenvalue weighted by atomic mass is 79.9. The number of thiophene rings is 1. The number of nitrogens with one attached hydrogen (secondary N) is 1. The smallest absolute Gasteiger partial charge is 0.0673 e. The van der Waals surface area contributed by atoms with Crippen molar-refractivity contribution in [1.82, 2.24) is 5.32 Å². The summed E-state index contributed by atoms with van der Waals surface area (Å²) in [7, 11) is 0. The number of hydrogen-bond donors (Lipinski definition) is 1. The summed E-state index contributed by atoms with van der Waals surface area (Å²) in [4.78, 5) is 1.37. The zero-order valence-corrected chi connectivity index (χ0v) is 12.4. The summed E-state index contributed by atoms with van der Waals surface area (Å²) in [5.41, 5.74) is 2.66. The normalized spacial score (nSPS) is 12.6. The van der Waals surface area contributed by atoms with Gasteiger partial charge in [-0.25, -0.2) is 0 Å². The number of rotatable bonds is 4. The Morgan fingerprint density at radius 3 is 2.76 bits per heavy atom. The summed E-state index contributed by atoms with van der Waals surface area (Å²) in [5.74, 6) is 0. The van der Waals surface area contributed by atoms with Crippen LogP contribution < -0.4 is 5.32 Å². The Balaban J connectivity index is 2.43. The predicted octanol–water partition coefficient (Wildman–Crippen LogP) is 4.52. The van der Waals surface area contributed by atoms with Crippen LogP contribution in [0.4, 0.5) is 0 Å². The summed E-state index contributed by atoms with van der Waals surface area (Å²) in [6.07, 6.45) is 0. The Morgan fingerprint density at radius 2 is 2.12 bits per heavy atom. The second kappa shape index (κ2) is 5.80. The summed E-state index contributed by atoms with van der Waals surface area (Å²) in [6.45, 7) is 5.28. The lowest BCUT2D eigenvalue weighted by Crippen LogP contribution is -2.21. The van der Waals surface area contributed by atoms with Gasteiger partial charge in [0, 0.05) is 9.35 Å². The van der Waals surface area contributed by atoms with Gasteiger partial charge >= 0.3 is 0 Å². The van der Waals surface area contributed by atoms with Gasteiger partial charge in [0.15, 0.2) is 0 Å². The molecule has 0 fully saturated rings. The van der Waals surface area contributed by atoms with Gasteiger partial charge in [0.05, 0.1) is 6.04 Å². The average molecular weight is 310 g/mol. The molecular formula is C14H16BrNS. The quantitative estimate of drug-likeness (QED) is 0.875. The second-order valence-corrected chi connectivity index (χ2v) is 5.79. The molecule has 2 aromatic rings. The molecule has 0 amide bonds. The number of halogens is 1. The third-order valence-electron chi connectivity index (χ3n) is 2.86. The maximum atomic E-state index is 3.60. The molecule has 0 aliphatic carbocycles. The molecule has 1 aromatic carbocycles. The molecule has 0 saturated carbocycles. The molecule has 1 aromatic heterocycles. The van der Waals surface area contributed by atoms with E-state index in [4.69, 9.17) is 0 Å². The van der Waals surface area contributed by atoms with Crippen molar-refractivity contribution in [1.29, 1.82) is 0 Å². The Hall–Kier alpha value is -0.640. The number of hydrogen-bond acceptors (Lipinski definition) is 2. The third kappa shape index (κ3) is 2.79. The van der Waals surface area contributed by atoms with Crippen LogP contribution in [-0.4, -0.2) is 6.54 Å². The predicted molar refractivity (Wildman–Crippen MR) is 78.7 cm³/mol. The van der Waals surface area contributed by atoms with Crippen molar-refractivity contribution >= 4 is 27.3 Å². The number of benzene rings is 1. The molecule has 90 valence electrons. The molecule has 1 heterocycles. The Labute approximate surface area is 115 Å². The maximum Gasteiger partial charge on any atom is 0.0673 e. The molecule has 1 unspecified atom stereocenters. The summed E-state index contributed by atoms with van der Waals surface area (Å²) >= 11 is 5.41. The molecule has 0 saturated heterocycles. The highest BCUT2D eigenvalue weighted by Crippen LogP contribution is 2.31. The van der Waals surface area contributed by atoms with E-state index < -0.39 is 0 Å². The maximum absolute atomic E-state index is 3.60. The standard InChI is InChI=1S/C14H16BrNS/c1-3-16-14(13-8-5-9-17-13)11-6-4-7-12(15)10(11)2/h4-9,14,16H,3H2,1-2H3. The first kappa shape index (κ1) is 12.8. The van der Waals surface area contributed by atoms with Gasteiger partial charge in [0.1, 0.15) is 0 Å². The third-order valence-corrected chi connectivity index (χ3v) is 4.65. The van der Waals surface area contributed by atoms with Crippen LogP contribution in [0.25, 0.3) is 0 Å². The lowest BCUT2D eigenvalue weighted by Gasteiger charge is -2.19. The minimum Gasteiger partial charge on any atom is -0.306 e. The van der Waals surface area contributed by atoms with Gasteiger partial charge in [0.2, 0.25) is 0 Å². The van der Waals surface area contributed by atoms with Crippen LogP contribution in [-0.2, 0) is 0 Å².